The quantitative estimate of drug-likeness (QED) is 0.822. The molecule has 1 amide bonds. The van der Waals surface area contributed by atoms with E-state index in [1.807, 2.05) is 6.92 Å². The van der Waals surface area contributed by atoms with Crippen LogP contribution >= 0.6 is 0 Å². The van der Waals surface area contributed by atoms with E-state index in [-0.39, 0.29) is 11.9 Å². The largest absolute Gasteiger partial charge is 0.397 e. The summed E-state index contributed by atoms with van der Waals surface area (Å²) in [6, 6.07) is 3.49. The molecule has 0 saturated heterocycles. The highest BCUT2D eigenvalue weighted by Gasteiger charge is 2.17. The first-order valence-corrected chi connectivity index (χ1v) is 6.10. The molecule has 0 aliphatic rings. The van der Waals surface area contributed by atoms with Gasteiger partial charge in [0.05, 0.1) is 11.9 Å². The van der Waals surface area contributed by atoms with Gasteiger partial charge >= 0.3 is 0 Å². The van der Waals surface area contributed by atoms with Crippen LogP contribution < -0.4 is 11.1 Å². The minimum absolute atomic E-state index is 0.135. The topological polar surface area (TPSA) is 68.0 Å². The van der Waals surface area contributed by atoms with Crippen LogP contribution in [0.5, 0.6) is 0 Å². The molecule has 1 heterocycles. The molecule has 0 radical (unpaired) electrons. The maximum atomic E-state index is 11.9. The normalized spacial score (nSPS) is 12.5. The van der Waals surface area contributed by atoms with Crippen molar-refractivity contribution in [1.29, 1.82) is 0 Å². The predicted octanol–water partition coefficient (Wildman–Crippen LogP) is 2.22. The van der Waals surface area contributed by atoms with E-state index in [0.717, 1.165) is 12.8 Å². The zero-order chi connectivity index (χ0) is 12.8. The molecule has 1 unspecified atom stereocenters. The molecule has 0 saturated carbocycles. The molecule has 0 spiro atoms. The van der Waals surface area contributed by atoms with Crippen LogP contribution in [0.1, 0.15) is 44.1 Å². The Hall–Kier alpha value is -1.58. The van der Waals surface area contributed by atoms with E-state index >= 15 is 0 Å². The van der Waals surface area contributed by atoms with Crippen molar-refractivity contribution < 1.29 is 4.79 Å². The van der Waals surface area contributed by atoms with Crippen LogP contribution in [0, 0.1) is 5.92 Å². The van der Waals surface area contributed by atoms with E-state index in [4.69, 9.17) is 5.73 Å². The van der Waals surface area contributed by atoms with Crippen LogP contribution in [0.2, 0.25) is 0 Å². The lowest BCUT2D eigenvalue weighted by Gasteiger charge is -2.22. The highest BCUT2D eigenvalue weighted by atomic mass is 16.1. The number of rotatable bonds is 5. The molecule has 0 bridgehead atoms. The number of anilines is 1. The molecule has 0 fully saturated rings. The third kappa shape index (κ3) is 3.73. The van der Waals surface area contributed by atoms with Crippen molar-refractivity contribution in [1.82, 2.24) is 10.3 Å². The van der Waals surface area contributed by atoms with Crippen LogP contribution in [0.25, 0.3) is 0 Å². The molecule has 3 N–H and O–H groups in total. The lowest BCUT2D eigenvalue weighted by Crippen LogP contribution is -2.38. The number of hydrogen-bond acceptors (Lipinski definition) is 3. The van der Waals surface area contributed by atoms with Crippen LogP contribution in [-0.2, 0) is 0 Å². The summed E-state index contributed by atoms with van der Waals surface area (Å²) in [7, 11) is 0. The summed E-state index contributed by atoms with van der Waals surface area (Å²) in [5.41, 5.74) is 6.50. The maximum Gasteiger partial charge on any atom is 0.270 e. The molecule has 4 nitrogen and oxygen atoms in total. The van der Waals surface area contributed by atoms with Gasteiger partial charge in [-0.1, -0.05) is 26.7 Å². The van der Waals surface area contributed by atoms with Crippen LogP contribution in [0.4, 0.5) is 5.69 Å². The molecule has 0 aliphatic heterocycles. The Morgan fingerprint density at radius 1 is 1.41 bits per heavy atom. The van der Waals surface area contributed by atoms with Gasteiger partial charge in [-0.2, -0.15) is 0 Å². The Labute approximate surface area is 103 Å². The lowest BCUT2D eigenvalue weighted by atomic mass is 9.95. The number of pyridine rings is 1. The van der Waals surface area contributed by atoms with Gasteiger partial charge in [-0.25, -0.2) is 4.98 Å². The average molecular weight is 235 g/mol. The van der Waals surface area contributed by atoms with E-state index in [0.29, 0.717) is 17.3 Å². The summed E-state index contributed by atoms with van der Waals surface area (Å²) in [5, 5.41) is 2.98. The average Bonchev–Trinajstić information content (AvgIpc) is 2.31. The second kappa shape index (κ2) is 6.23. The van der Waals surface area contributed by atoms with Crippen molar-refractivity contribution in [2.75, 3.05) is 5.73 Å². The van der Waals surface area contributed by atoms with Crippen molar-refractivity contribution in [3.63, 3.8) is 0 Å². The number of amides is 1. The van der Waals surface area contributed by atoms with Crippen molar-refractivity contribution in [3.8, 4) is 0 Å². The summed E-state index contributed by atoms with van der Waals surface area (Å²) in [6.45, 7) is 6.31. The first-order chi connectivity index (χ1) is 8.08. The number of nitrogens with two attached hydrogens (primary N) is 1. The number of carbonyl (C=O) groups is 1. The zero-order valence-electron chi connectivity index (χ0n) is 10.7. The second-order valence-electron chi connectivity index (χ2n) is 4.32. The fourth-order valence-corrected chi connectivity index (χ4v) is 1.93. The smallest absolute Gasteiger partial charge is 0.270 e. The van der Waals surface area contributed by atoms with E-state index in [2.05, 4.69) is 24.1 Å². The van der Waals surface area contributed by atoms with Crippen molar-refractivity contribution in [2.24, 2.45) is 5.92 Å². The fraction of sp³-hybridized carbons (Fsp3) is 0.538. The Bertz CT molecular complexity index is 357. The Kier molecular flexibility index (Phi) is 4.94. The third-order valence-corrected chi connectivity index (χ3v) is 3.13. The molecule has 1 atom stereocenters. The summed E-state index contributed by atoms with van der Waals surface area (Å²) < 4.78 is 0. The van der Waals surface area contributed by atoms with Gasteiger partial charge in [-0.15, -0.1) is 0 Å². The van der Waals surface area contributed by atoms with Crippen molar-refractivity contribution in [2.45, 2.75) is 39.7 Å². The van der Waals surface area contributed by atoms with Gasteiger partial charge in [-0.05, 0) is 25.0 Å². The molecule has 1 aromatic rings. The maximum absolute atomic E-state index is 11.9. The van der Waals surface area contributed by atoms with Gasteiger partial charge in [0.25, 0.3) is 5.91 Å². The molecule has 17 heavy (non-hydrogen) atoms. The molecule has 0 aliphatic carbocycles. The standard InChI is InChI=1S/C13H21N3O/c1-4-10(5-2)9(3)16-13(17)12-7-6-11(14)8-15-12/h6-10H,4-5,14H2,1-3H3,(H,16,17). The van der Waals surface area contributed by atoms with Gasteiger partial charge in [0.1, 0.15) is 5.69 Å². The lowest BCUT2D eigenvalue weighted by molar-refractivity contribution is 0.0920. The van der Waals surface area contributed by atoms with Gasteiger partial charge in [0.15, 0.2) is 0 Å². The number of nitrogens with one attached hydrogen (secondary N) is 1. The van der Waals surface area contributed by atoms with Gasteiger partial charge in [-0.3, -0.25) is 4.79 Å². The van der Waals surface area contributed by atoms with E-state index < -0.39 is 0 Å². The minimum atomic E-state index is -0.135. The molecule has 4 heteroatoms. The molecule has 1 aromatic heterocycles. The van der Waals surface area contributed by atoms with Crippen molar-refractivity contribution in [3.05, 3.63) is 24.0 Å². The number of nitrogens with zero attached hydrogens (tertiary/aromatic N) is 1. The number of carbonyl (C=O) groups excluding carboxylic acids is 1. The highest BCUT2D eigenvalue weighted by Crippen LogP contribution is 2.13. The van der Waals surface area contributed by atoms with Gasteiger partial charge in [0, 0.05) is 6.04 Å². The van der Waals surface area contributed by atoms with Gasteiger partial charge < -0.3 is 11.1 Å². The minimum Gasteiger partial charge on any atom is -0.397 e. The predicted molar refractivity (Wildman–Crippen MR) is 69.6 cm³/mol. The number of nitrogen functional groups attached to an aromatic ring is 1. The van der Waals surface area contributed by atoms with E-state index in [1.165, 1.54) is 6.20 Å². The Balaban J connectivity index is 2.62. The molecule has 0 aromatic carbocycles. The van der Waals surface area contributed by atoms with Crippen LogP contribution in [0.15, 0.2) is 18.3 Å². The SMILES string of the molecule is CCC(CC)C(C)NC(=O)c1ccc(N)cn1. The van der Waals surface area contributed by atoms with E-state index in [9.17, 15) is 4.79 Å². The first-order valence-electron chi connectivity index (χ1n) is 6.10. The van der Waals surface area contributed by atoms with Crippen LogP contribution in [-0.4, -0.2) is 16.9 Å². The summed E-state index contributed by atoms with van der Waals surface area (Å²) >= 11 is 0. The molecule has 94 valence electrons. The monoisotopic (exact) mass is 235 g/mol. The summed E-state index contributed by atoms with van der Waals surface area (Å²) in [6.07, 6.45) is 3.62. The summed E-state index contributed by atoms with van der Waals surface area (Å²) in [4.78, 5) is 15.9. The Morgan fingerprint density at radius 2 is 2.06 bits per heavy atom. The van der Waals surface area contributed by atoms with Gasteiger partial charge in [0.2, 0.25) is 0 Å². The first kappa shape index (κ1) is 13.5. The molecule has 1 rings (SSSR count). The third-order valence-electron chi connectivity index (χ3n) is 3.13. The molecular weight excluding hydrogens is 214 g/mol. The van der Waals surface area contributed by atoms with Crippen LogP contribution in [0.3, 0.4) is 0 Å². The summed E-state index contributed by atoms with van der Waals surface area (Å²) in [5.74, 6) is 0.372. The Morgan fingerprint density at radius 3 is 2.53 bits per heavy atom. The van der Waals surface area contributed by atoms with E-state index in [1.54, 1.807) is 12.1 Å². The molecular formula is C13H21N3O. The zero-order valence-corrected chi connectivity index (χ0v) is 10.7. The highest BCUT2D eigenvalue weighted by molar-refractivity contribution is 5.92. The van der Waals surface area contributed by atoms with Crippen molar-refractivity contribution >= 4 is 11.6 Å². The number of aromatic nitrogens is 1. The number of hydrogen-bond donors (Lipinski definition) is 2. The second-order valence-corrected chi connectivity index (χ2v) is 4.32. The fourth-order valence-electron chi connectivity index (χ4n) is 1.93.